The monoisotopic (exact) mass is 345 g/mol. The number of rotatable bonds is 13. The van der Waals surface area contributed by atoms with Crippen LogP contribution in [0.5, 0.6) is 0 Å². The van der Waals surface area contributed by atoms with E-state index in [0.717, 1.165) is 39.3 Å². The first-order chi connectivity index (χ1) is 11.6. The summed E-state index contributed by atoms with van der Waals surface area (Å²) in [5, 5.41) is 2.67. The highest BCUT2D eigenvalue weighted by molar-refractivity contribution is 5.72. The summed E-state index contributed by atoms with van der Waals surface area (Å²) in [5.41, 5.74) is 0. The van der Waals surface area contributed by atoms with Gasteiger partial charge in [0.15, 0.2) is 0 Å². The minimum atomic E-state index is -0.0335. The molecule has 1 aliphatic heterocycles. The molecule has 1 aliphatic rings. The largest absolute Gasteiger partial charge is 0.378 e. The molecule has 0 aliphatic carbocycles. The van der Waals surface area contributed by atoms with Gasteiger partial charge >= 0.3 is 0 Å². The van der Waals surface area contributed by atoms with Crippen LogP contribution in [0, 0.1) is 0 Å². The molecule has 1 fully saturated rings. The molecule has 7 nitrogen and oxygen atoms in total. The molecule has 0 bridgehead atoms. The van der Waals surface area contributed by atoms with Gasteiger partial charge in [0.25, 0.3) is 0 Å². The fourth-order valence-corrected chi connectivity index (χ4v) is 2.54. The topological polar surface area (TPSA) is 63.3 Å². The van der Waals surface area contributed by atoms with Crippen molar-refractivity contribution in [2.45, 2.75) is 26.8 Å². The summed E-state index contributed by atoms with van der Waals surface area (Å²) in [6.45, 7) is 15.7. The number of hydrogen-bond acceptors (Lipinski definition) is 6. The summed E-state index contributed by atoms with van der Waals surface area (Å²) in [6.07, 6.45) is 0. The molecule has 0 aromatic rings. The van der Waals surface area contributed by atoms with Crippen molar-refractivity contribution >= 4 is 5.91 Å². The minimum Gasteiger partial charge on any atom is -0.378 e. The molecule has 0 unspecified atom stereocenters. The predicted molar refractivity (Wildman–Crippen MR) is 94.3 cm³/mol. The molecular weight excluding hydrogens is 310 g/mol. The van der Waals surface area contributed by atoms with Crippen LogP contribution in [-0.4, -0.2) is 101 Å². The second kappa shape index (κ2) is 13.5. The van der Waals surface area contributed by atoms with Gasteiger partial charge in [0.2, 0.25) is 5.91 Å². The molecule has 0 radical (unpaired) electrons. The van der Waals surface area contributed by atoms with Crippen LogP contribution < -0.4 is 5.32 Å². The Bertz CT molecular complexity index is 321. The number of carbonyl (C=O) groups excluding carboxylic acids is 1. The number of ether oxygens (including phenoxy) is 3. The lowest BCUT2D eigenvalue weighted by molar-refractivity contribution is -0.119. The van der Waals surface area contributed by atoms with Gasteiger partial charge in [-0.15, -0.1) is 0 Å². The lowest BCUT2D eigenvalue weighted by Gasteiger charge is -2.36. The van der Waals surface area contributed by atoms with E-state index in [9.17, 15) is 4.79 Å². The average molecular weight is 345 g/mol. The number of nitrogens with one attached hydrogen (secondary N) is 1. The van der Waals surface area contributed by atoms with E-state index >= 15 is 0 Å². The molecule has 1 saturated heterocycles. The Kier molecular flexibility index (Phi) is 12.0. The first-order valence-electron chi connectivity index (χ1n) is 9.03. The third kappa shape index (κ3) is 10.9. The van der Waals surface area contributed by atoms with Gasteiger partial charge < -0.3 is 19.5 Å². The zero-order valence-corrected chi connectivity index (χ0v) is 15.6. The molecule has 0 aromatic carbocycles. The van der Waals surface area contributed by atoms with Crippen molar-refractivity contribution in [3.63, 3.8) is 0 Å². The number of amides is 1. The molecule has 1 rings (SSSR count). The molecule has 7 heteroatoms. The highest BCUT2D eigenvalue weighted by Crippen LogP contribution is 2.05. The minimum absolute atomic E-state index is 0.0335. The van der Waals surface area contributed by atoms with Crippen molar-refractivity contribution in [2.75, 3.05) is 78.9 Å². The number of hydrogen-bond donors (Lipinski definition) is 1. The molecule has 1 N–H and O–H groups in total. The second-order valence-corrected chi connectivity index (χ2v) is 6.29. The first-order valence-corrected chi connectivity index (χ1v) is 9.03. The van der Waals surface area contributed by atoms with Crippen LogP contribution in [0.4, 0.5) is 0 Å². The maximum Gasteiger partial charge on any atom is 0.216 e. The van der Waals surface area contributed by atoms with Crippen LogP contribution in [0.15, 0.2) is 0 Å². The van der Waals surface area contributed by atoms with Gasteiger partial charge in [0.1, 0.15) is 0 Å². The predicted octanol–water partition coefficient (Wildman–Crippen LogP) is 0.198. The molecule has 0 aromatic heterocycles. The van der Waals surface area contributed by atoms with Crippen molar-refractivity contribution in [2.24, 2.45) is 0 Å². The maximum atomic E-state index is 10.6. The normalized spacial score (nSPS) is 16.7. The fourth-order valence-electron chi connectivity index (χ4n) is 2.54. The number of carbonyl (C=O) groups is 1. The fraction of sp³-hybridized carbons (Fsp3) is 0.941. The molecule has 0 atom stereocenters. The zero-order chi connectivity index (χ0) is 17.6. The van der Waals surface area contributed by atoms with Gasteiger partial charge in [-0.3, -0.25) is 14.6 Å². The Morgan fingerprint density at radius 3 is 2.00 bits per heavy atom. The molecule has 24 heavy (non-hydrogen) atoms. The van der Waals surface area contributed by atoms with Gasteiger partial charge in [0.05, 0.1) is 39.6 Å². The standard InChI is InChI=1S/C17H35N3O4/c1-16(2)20-7-5-19(6-8-20)9-11-23-13-15-24-14-12-22-10-4-18-17(3)21/h16H,4-15H2,1-3H3,(H,18,21). The van der Waals surface area contributed by atoms with Gasteiger partial charge in [0, 0.05) is 52.2 Å². The molecule has 1 amide bonds. The number of piperazine rings is 1. The third-order valence-electron chi connectivity index (χ3n) is 4.05. The smallest absolute Gasteiger partial charge is 0.216 e. The quantitative estimate of drug-likeness (QED) is 0.481. The van der Waals surface area contributed by atoms with Crippen molar-refractivity contribution in [3.05, 3.63) is 0 Å². The molecule has 142 valence electrons. The Morgan fingerprint density at radius 2 is 1.46 bits per heavy atom. The first kappa shape index (κ1) is 21.3. The van der Waals surface area contributed by atoms with Gasteiger partial charge in [-0.25, -0.2) is 0 Å². The Morgan fingerprint density at radius 1 is 0.917 bits per heavy atom. The highest BCUT2D eigenvalue weighted by atomic mass is 16.5. The lowest BCUT2D eigenvalue weighted by Crippen LogP contribution is -2.49. The molecular formula is C17H35N3O4. The summed E-state index contributed by atoms with van der Waals surface area (Å²) in [4.78, 5) is 15.6. The summed E-state index contributed by atoms with van der Waals surface area (Å²) < 4.78 is 16.4. The summed E-state index contributed by atoms with van der Waals surface area (Å²) in [5.74, 6) is -0.0335. The summed E-state index contributed by atoms with van der Waals surface area (Å²) in [7, 11) is 0. The van der Waals surface area contributed by atoms with Crippen LogP contribution in [0.1, 0.15) is 20.8 Å². The van der Waals surface area contributed by atoms with Gasteiger partial charge in [-0.1, -0.05) is 0 Å². The van der Waals surface area contributed by atoms with E-state index in [2.05, 4.69) is 29.0 Å². The Hall–Kier alpha value is -0.730. The van der Waals surface area contributed by atoms with Gasteiger partial charge in [-0.05, 0) is 13.8 Å². The summed E-state index contributed by atoms with van der Waals surface area (Å²) >= 11 is 0. The lowest BCUT2D eigenvalue weighted by atomic mass is 10.2. The third-order valence-corrected chi connectivity index (χ3v) is 4.05. The van der Waals surface area contributed by atoms with E-state index < -0.39 is 0 Å². The van der Waals surface area contributed by atoms with E-state index in [1.165, 1.54) is 6.92 Å². The van der Waals surface area contributed by atoms with E-state index in [0.29, 0.717) is 45.6 Å². The van der Waals surface area contributed by atoms with E-state index in [1.807, 2.05) is 0 Å². The van der Waals surface area contributed by atoms with E-state index in [-0.39, 0.29) is 5.91 Å². The van der Waals surface area contributed by atoms with Crippen LogP contribution in [0.3, 0.4) is 0 Å². The van der Waals surface area contributed by atoms with Crippen molar-refractivity contribution in [1.82, 2.24) is 15.1 Å². The van der Waals surface area contributed by atoms with Crippen molar-refractivity contribution < 1.29 is 19.0 Å². The average Bonchev–Trinajstić information content (AvgIpc) is 2.56. The molecule has 1 heterocycles. The zero-order valence-electron chi connectivity index (χ0n) is 15.6. The maximum absolute atomic E-state index is 10.6. The van der Waals surface area contributed by atoms with Crippen LogP contribution in [0.25, 0.3) is 0 Å². The van der Waals surface area contributed by atoms with Crippen LogP contribution >= 0.6 is 0 Å². The Balaban J connectivity index is 1.79. The highest BCUT2D eigenvalue weighted by Gasteiger charge is 2.17. The van der Waals surface area contributed by atoms with Gasteiger partial charge in [-0.2, -0.15) is 0 Å². The van der Waals surface area contributed by atoms with Crippen LogP contribution in [-0.2, 0) is 19.0 Å². The Labute approximate surface area is 146 Å². The molecule has 0 saturated carbocycles. The number of nitrogens with zero attached hydrogens (tertiary/aromatic N) is 2. The van der Waals surface area contributed by atoms with Crippen molar-refractivity contribution in [1.29, 1.82) is 0 Å². The van der Waals surface area contributed by atoms with E-state index in [1.54, 1.807) is 0 Å². The van der Waals surface area contributed by atoms with Crippen molar-refractivity contribution in [3.8, 4) is 0 Å². The van der Waals surface area contributed by atoms with E-state index in [4.69, 9.17) is 14.2 Å². The molecule has 0 spiro atoms. The SMILES string of the molecule is CC(=O)NCCOCCOCCOCCN1CCN(C(C)C)CC1. The second-order valence-electron chi connectivity index (χ2n) is 6.29. The van der Waals surface area contributed by atoms with Crippen LogP contribution in [0.2, 0.25) is 0 Å². The summed E-state index contributed by atoms with van der Waals surface area (Å²) in [6, 6.07) is 0.648.